The third-order valence-electron chi connectivity index (χ3n) is 4.91. The number of aryl methyl sites for hydroxylation is 1. The molecule has 0 saturated carbocycles. The first-order chi connectivity index (χ1) is 14.5. The average Bonchev–Trinajstić information content (AvgIpc) is 2.73. The van der Waals surface area contributed by atoms with Crippen molar-refractivity contribution < 1.29 is 13.9 Å². The number of anilines is 1. The lowest BCUT2D eigenvalue weighted by atomic mass is 10.1. The number of nitrogens with two attached hydrogens (primary N) is 1. The van der Waals surface area contributed by atoms with E-state index < -0.39 is 0 Å². The van der Waals surface area contributed by atoms with Crippen LogP contribution in [0.4, 0.5) is 5.69 Å². The van der Waals surface area contributed by atoms with Crippen LogP contribution in [0.25, 0.3) is 11.0 Å². The molecule has 1 atom stereocenters. The van der Waals surface area contributed by atoms with Gasteiger partial charge < -0.3 is 25.5 Å². The van der Waals surface area contributed by atoms with Crippen LogP contribution in [-0.4, -0.2) is 25.5 Å². The van der Waals surface area contributed by atoms with Crippen molar-refractivity contribution >= 4 is 22.6 Å². The number of carbonyl (C=O) groups is 1. The summed E-state index contributed by atoms with van der Waals surface area (Å²) >= 11 is 0. The number of hydrogen-bond acceptors (Lipinski definition) is 6. The van der Waals surface area contributed by atoms with Crippen molar-refractivity contribution in [1.29, 1.82) is 0 Å². The maximum Gasteiger partial charge on any atom is 0.336 e. The Bertz CT molecular complexity index is 1060. The molecule has 158 valence electrons. The summed E-state index contributed by atoms with van der Waals surface area (Å²) in [5.41, 5.74) is 8.19. The van der Waals surface area contributed by atoms with Crippen molar-refractivity contribution in [3.63, 3.8) is 0 Å². The zero-order valence-electron chi connectivity index (χ0n) is 17.2. The van der Waals surface area contributed by atoms with Crippen molar-refractivity contribution in [1.82, 2.24) is 5.32 Å². The summed E-state index contributed by atoms with van der Waals surface area (Å²) in [7, 11) is 1.76. The fourth-order valence-electron chi connectivity index (χ4n) is 3.20. The van der Waals surface area contributed by atoms with Crippen LogP contribution >= 0.6 is 0 Å². The number of ether oxygens (including phenoxy) is 1. The lowest BCUT2D eigenvalue weighted by Gasteiger charge is -2.16. The van der Waals surface area contributed by atoms with Crippen molar-refractivity contribution in [2.24, 2.45) is 5.73 Å². The van der Waals surface area contributed by atoms with Crippen LogP contribution in [0.1, 0.15) is 24.0 Å². The SMILES string of the molecule is CNC(CCCN)C(=O)Nc1ccc(COc2ccc3c(C)cc(=O)oc3c2)cc1. The molecule has 0 saturated heterocycles. The molecule has 0 aliphatic rings. The Morgan fingerprint density at radius 3 is 2.63 bits per heavy atom. The van der Waals surface area contributed by atoms with Crippen LogP contribution in [0.3, 0.4) is 0 Å². The molecule has 0 aliphatic carbocycles. The van der Waals surface area contributed by atoms with Crippen molar-refractivity contribution in [3.05, 3.63) is 70.1 Å². The monoisotopic (exact) mass is 409 g/mol. The molecule has 0 fully saturated rings. The maximum absolute atomic E-state index is 12.3. The van der Waals surface area contributed by atoms with Crippen LogP contribution in [0.2, 0.25) is 0 Å². The summed E-state index contributed by atoms with van der Waals surface area (Å²) in [5, 5.41) is 6.80. The minimum Gasteiger partial charge on any atom is -0.489 e. The first-order valence-corrected chi connectivity index (χ1v) is 9.94. The molecule has 0 aliphatic heterocycles. The quantitative estimate of drug-likeness (QED) is 0.469. The van der Waals surface area contributed by atoms with Gasteiger partial charge in [0.1, 0.15) is 17.9 Å². The van der Waals surface area contributed by atoms with Gasteiger partial charge in [0.15, 0.2) is 0 Å². The molecule has 7 nitrogen and oxygen atoms in total. The second-order valence-corrected chi connectivity index (χ2v) is 7.15. The third kappa shape index (κ3) is 5.46. The van der Waals surface area contributed by atoms with Crippen LogP contribution in [0.5, 0.6) is 5.75 Å². The van der Waals surface area contributed by atoms with E-state index in [1.165, 1.54) is 6.07 Å². The van der Waals surface area contributed by atoms with E-state index in [1.54, 1.807) is 13.1 Å². The normalized spacial score (nSPS) is 12.0. The van der Waals surface area contributed by atoms with E-state index in [9.17, 15) is 9.59 Å². The van der Waals surface area contributed by atoms with E-state index in [1.807, 2.05) is 43.3 Å². The predicted octanol–water partition coefficient (Wildman–Crippen LogP) is 2.95. The van der Waals surface area contributed by atoms with E-state index in [0.29, 0.717) is 30.9 Å². The Hall–Kier alpha value is -3.16. The van der Waals surface area contributed by atoms with Crippen molar-refractivity contribution in [3.8, 4) is 5.75 Å². The van der Waals surface area contributed by atoms with Gasteiger partial charge in [0, 0.05) is 23.2 Å². The highest BCUT2D eigenvalue weighted by Crippen LogP contribution is 2.23. The lowest BCUT2D eigenvalue weighted by molar-refractivity contribution is -0.118. The van der Waals surface area contributed by atoms with E-state index in [0.717, 1.165) is 28.6 Å². The van der Waals surface area contributed by atoms with E-state index in [4.69, 9.17) is 14.9 Å². The van der Waals surface area contributed by atoms with Gasteiger partial charge in [0.2, 0.25) is 5.91 Å². The molecule has 3 rings (SSSR count). The summed E-state index contributed by atoms with van der Waals surface area (Å²) < 4.78 is 11.1. The molecule has 0 spiro atoms. The highest BCUT2D eigenvalue weighted by Gasteiger charge is 2.15. The summed E-state index contributed by atoms with van der Waals surface area (Å²) in [6, 6.07) is 14.1. The molecule has 2 aromatic carbocycles. The van der Waals surface area contributed by atoms with Crippen molar-refractivity contribution in [2.75, 3.05) is 18.9 Å². The molecule has 0 bridgehead atoms. The molecule has 3 aromatic rings. The maximum atomic E-state index is 12.3. The van der Waals surface area contributed by atoms with Crippen molar-refractivity contribution in [2.45, 2.75) is 32.4 Å². The van der Waals surface area contributed by atoms with Crippen LogP contribution in [-0.2, 0) is 11.4 Å². The molecular weight excluding hydrogens is 382 g/mol. The number of rotatable bonds is 9. The van der Waals surface area contributed by atoms with E-state index in [2.05, 4.69) is 10.6 Å². The average molecular weight is 409 g/mol. The minimum atomic E-state index is -0.377. The highest BCUT2D eigenvalue weighted by atomic mass is 16.5. The summed E-state index contributed by atoms with van der Waals surface area (Å²) in [4.78, 5) is 23.9. The molecule has 7 heteroatoms. The van der Waals surface area contributed by atoms with Gasteiger partial charge in [-0.05, 0) is 68.8 Å². The van der Waals surface area contributed by atoms with Gasteiger partial charge in [-0.3, -0.25) is 4.79 Å². The Morgan fingerprint density at radius 1 is 1.17 bits per heavy atom. The topological polar surface area (TPSA) is 107 Å². The van der Waals surface area contributed by atoms with Gasteiger partial charge in [-0.25, -0.2) is 4.79 Å². The number of amides is 1. The summed E-state index contributed by atoms with van der Waals surface area (Å²) in [6.45, 7) is 2.78. The Balaban J connectivity index is 1.60. The first kappa shape index (κ1) is 21.5. The molecule has 4 N–H and O–H groups in total. The molecule has 1 unspecified atom stereocenters. The van der Waals surface area contributed by atoms with Gasteiger partial charge in [-0.15, -0.1) is 0 Å². The molecule has 30 heavy (non-hydrogen) atoms. The summed E-state index contributed by atoms with van der Waals surface area (Å²) in [5.74, 6) is 0.535. The summed E-state index contributed by atoms with van der Waals surface area (Å²) in [6.07, 6.45) is 1.48. The minimum absolute atomic E-state index is 0.0806. The smallest absolute Gasteiger partial charge is 0.336 e. The molecule has 1 aromatic heterocycles. The highest BCUT2D eigenvalue weighted by molar-refractivity contribution is 5.94. The predicted molar refractivity (Wildman–Crippen MR) is 118 cm³/mol. The van der Waals surface area contributed by atoms with E-state index >= 15 is 0 Å². The van der Waals surface area contributed by atoms with Crippen LogP contribution < -0.4 is 26.7 Å². The van der Waals surface area contributed by atoms with E-state index in [-0.39, 0.29) is 17.6 Å². The first-order valence-electron chi connectivity index (χ1n) is 9.94. The third-order valence-corrected chi connectivity index (χ3v) is 4.91. The van der Waals surface area contributed by atoms with Crippen LogP contribution in [0, 0.1) is 6.92 Å². The molecular formula is C23H27N3O4. The number of nitrogens with one attached hydrogen (secondary N) is 2. The van der Waals surface area contributed by atoms with Gasteiger partial charge >= 0.3 is 5.63 Å². The largest absolute Gasteiger partial charge is 0.489 e. The fraction of sp³-hybridized carbons (Fsp3) is 0.304. The second kappa shape index (κ2) is 10.0. The number of benzene rings is 2. The lowest BCUT2D eigenvalue weighted by Crippen LogP contribution is -2.38. The van der Waals surface area contributed by atoms with Gasteiger partial charge in [0.25, 0.3) is 0 Å². The molecule has 1 amide bonds. The number of likely N-dealkylation sites (N-methyl/N-ethyl adjacent to an activating group) is 1. The fourth-order valence-corrected chi connectivity index (χ4v) is 3.20. The van der Waals surface area contributed by atoms with Crippen LogP contribution in [0.15, 0.2) is 57.7 Å². The molecule has 0 radical (unpaired) electrons. The van der Waals surface area contributed by atoms with Gasteiger partial charge in [-0.1, -0.05) is 12.1 Å². The number of carbonyl (C=O) groups excluding carboxylic acids is 1. The zero-order valence-corrected chi connectivity index (χ0v) is 17.2. The Labute approximate surface area is 175 Å². The zero-order chi connectivity index (χ0) is 21.5. The van der Waals surface area contributed by atoms with Gasteiger partial charge in [0.05, 0.1) is 6.04 Å². The standard InChI is InChI=1S/C23H27N3O4/c1-15-12-22(27)30-21-13-18(9-10-19(15)21)29-14-16-5-7-17(8-6-16)26-23(28)20(25-2)4-3-11-24/h5-10,12-13,20,25H,3-4,11,14,24H2,1-2H3,(H,26,28). The number of hydrogen-bond donors (Lipinski definition) is 3. The molecule has 1 heterocycles. The number of fused-ring (bicyclic) bond motifs is 1. The Morgan fingerprint density at radius 2 is 1.93 bits per heavy atom. The Kier molecular flexibility index (Phi) is 7.21. The second-order valence-electron chi connectivity index (χ2n) is 7.15. The van der Waals surface area contributed by atoms with Gasteiger partial charge in [-0.2, -0.15) is 0 Å².